The first-order valence-electron chi connectivity index (χ1n) is 10.4. The maximum Gasteiger partial charge on any atom is 0.416 e. The van der Waals surface area contributed by atoms with E-state index in [1.807, 2.05) is 6.92 Å². The number of nitrogens with one attached hydrogen (secondary N) is 1. The van der Waals surface area contributed by atoms with Crippen LogP contribution in [0.4, 0.5) is 13.2 Å². The Bertz CT molecular complexity index is 971. The highest BCUT2D eigenvalue weighted by Crippen LogP contribution is 2.31. The van der Waals surface area contributed by atoms with Gasteiger partial charge in [0.05, 0.1) is 18.2 Å². The molecule has 8 heteroatoms. The van der Waals surface area contributed by atoms with Crippen LogP contribution in [0.5, 0.6) is 5.75 Å². The molecule has 1 atom stereocenters. The second kappa shape index (κ2) is 10.3. The zero-order chi connectivity index (χ0) is 23.1. The lowest BCUT2D eigenvalue weighted by Gasteiger charge is -2.25. The highest BCUT2D eigenvalue weighted by atomic mass is 19.4. The monoisotopic (exact) mass is 446 g/mol. The number of amides is 2. The molecule has 5 nitrogen and oxygen atoms in total. The molecule has 1 N–H and O–H groups in total. The van der Waals surface area contributed by atoms with E-state index in [-0.39, 0.29) is 12.5 Å². The number of carbonyl (C=O) groups is 2. The first-order valence-corrected chi connectivity index (χ1v) is 10.4. The van der Waals surface area contributed by atoms with Gasteiger partial charge in [0.25, 0.3) is 0 Å². The number of hydrogen-bond acceptors (Lipinski definition) is 3. The van der Waals surface area contributed by atoms with Crippen molar-refractivity contribution in [1.82, 2.24) is 10.2 Å². The number of ether oxygens (including phenoxy) is 1. The van der Waals surface area contributed by atoms with E-state index >= 15 is 0 Å². The maximum absolute atomic E-state index is 13.2. The van der Waals surface area contributed by atoms with E-state index in [0.29, 0.717) is 37.3 Å². The summed E-state index contributed by atoms with van der Waals surface area (Å²) in [5.74, 6) is 0.183. The quantitative estimate of drug-likeness (QED) is 0.603. The Morgan fingerprint density at radius 2 is 1.97 bits per heavy atom. The van der Waals surface area contributed by atoms with Crippen molar-refractivity contribution >= 4 is 17.9 Å². The minimum atomic E-state index is -4.50. The summed E-state index contributed by atoms with van der Waals surface area (Å²) in [7, 11) is 0. The van der Waals surface area contributed by atoms with Gasteiger partial charge < -0.3 is 15.0 Å². The van der Waals surface area contributed by atoms with E-state index in [1.165, 1.54) is 18.2 Å². The van der Waals surface area contributed by atoms with Gasteiger partial charge in [-0.1, -0.05) is 24.3 Å². The molecule has 32 heavy (non-hydrogen) atoms. The number of halogens is 3. The van der Waals surface area contributed by atoms with Crippen LogP contribution < -0.4 is 10.1 Å². The van der Waals surface area contributed by atoms with Gasteiger partial charge in [0.2, 0.25) is 11.8 Å². The Morgan fingerprint density at radius 1 is 1.22 bits per heavy atom. The lowest BCUT2D eigenvalue weighted by molar-refractivity contribution is -0.137. The zero-order valence-electron chi connectivity index (χ0n) is 17.7. The molecule has 170 valence electrons. The van der Waals surface area contributed by atoms with Crippen LogP contribution in [0, 0.1) is 0 Å². The Morgan fingerprint density at radius 3 is 2.59 bits per heavy atom. The number of carbonyl (C=O) groups excluding carboxylic acids is 2. The Hall–Kier alpha value is -3.29. The molecule has 0 saturated carbocycles. The fourth-order valence-corrected chi connectivity index (χ4v) is 3.52. The van der Waals surface area contributed by atoms with E-state index in [4.69, 9.17) is 4.74 Å². The molecule has 1 aliphatic heterocycles. The molecule has 0 aliphatic carbocycles. The van der Waals surface area contributed by atoms with E-state index < -0.39 is 23.7 Å². The number of nitrogens with zero attached hydrogens (tertiary/aromatic N) is 1. The molecule has 1 saturated heterocycles. The molecule has 2 aromatic rings. The molecule has 0 aromatic heterocycles. The second-order valence-corrected chi connectivity index (χ2v) is 7.46. The summed E-state index contributed by atoms with van der Waals surface area (Å²) in [4.78, 5) is 26.2. The van der Waals surface area contributed by atoms with Gasteiger partial charge in [-0.15, -0.1) is 0 Å². The largest absolute Gasteiger partial charge is 0.494 e. The van der Waals surface area contributed by atoms with Crippen LogP contribution in [0.15, 0.2) is 54.6 Å². The van der Waals surface area contributed by atoms with Crippen LogP contribution in [0.3, 0.4) is 0 Å². The third-order valence-corrected chi connectivity index (χ3v) is 5.13. The summed E-state index contributed by atoms with van der Waals surface area (Å²) < 4.78 is 44.9. The smallest absolute Gasteiger partial charge is 0.416 e. The summed E-state index contributed by atoms with van der Waals surface area (Å²) in [6.07, 6.45) is -0.473. The summed E-state index contributed by atoms with van der Waals surface area (Å²) in [6, 6.07) is 11.2. The molecular formula is C24H25F3N2O3. The molecule has 2 aromatic carbocycles. The average Bonchev–Trinajstić information content (AvgIpc) is 3.17. The van der Waals surface area contributed by atoms with Crippen molar-refractivity contribution < 1.29 is 27.5 Å². The number of likely N-dealkylation sites (tertiary alicyclic amines) is 1. The number of benzene rings is 2. The third kappa shape index (κ3) is 6.35. The topological polar surface area (TPSA) is 58.6 Å². The van der Waals surface area contributed by atoms with Crippen LogP contribution in [-0.2, 0) is 15.8 Å². The van der Waals surface area contributed by atoms with Gasteiger partial charge in [-0.25, -0.2) is 0 Å². The highest BCUT2D eigenvalue weighted by molar-refractivity contribution is 5.92. The minimum absolute atomic E-state index is 0.0684. The average molecular weight is 446 g/mol. The van der Waals surface area contributed by atoms with Gasteiger partial charge in [-0.05, 0) is 54.8 Å². The van der Waals surface area contributed by atoms with Crippen molar-refractivity contribution in [2.24, 2.45) is 0 Å². The van der Waals surface area contributed by atoms with Crippen LogP contribution in [0.2, 0.25) is 0 Å². The van der Waals surface area contributed by atoms with E-state index in [1.54, 1.807) is 35.2 Å². The molecule has 1 heterocycles. The van der Waals surface area contributed by atoms with Gasteiger partial charge in [0.15, 0.2) is 0 Å². The lowest BCUT2D eigenvalue weighted by Crippen LogP contribution is -2.38. The summed E-state index contributed by atoms with van der Waals surface area (Å²) >= 11 is 0. The Labute approximate surface area is 184 Å². The molecule has 1 fully saturated rings. The van der Waals surface area contributed by atoms with E-state index in [0.717, 1.165) is 17.7 Å². The van der Waals surface area contributed by atoms with Crippen molar-refractivity contribution in [2.45, 2.75) is 32.0 Å². The molecule has 2 amide bonds. The zero-order valence-corrected chi connectivity index (χ0v) is 17.7. The lowest BCUT2D eigenvalue weighted by atomic mass is 10.0. The minimum Gasteiger partial charge on any atom is -0.494 e. The summed E-state index contributed by atoms with van der Waals surface area (Å²) in [6.45, 7) is 3.07. The Balaban J connectivity index is 1.76. The number of rotatable bonds is 8. The van der Waals surface area contributed by atoms with Gasteiger partial charge in [-0.3, -0.25) is 9.59 Å². The molecule has 0 radical (unpaired) electrons. The van der Waals surface area contributed by atoms with Crippen LogP contribution in [0.25, 0.3) is 6.08 Å². The molecular weight excluding hydrogens is 421 g/mol. The molecule has 0 bridgehead atoms. The fourth-order valence-electron chi connectivity index (χ4n) is 3.52. The SMILES string of the molecule is CCOc1ccc(/C=C/C(=O)N[C@H](CN2CCCC2=O)c2cccc(C(F)(F)F)c2)cc1. The fraction of sp³-hybridized carbons (Fsp3) is 0.333. The first-order chi connectivity index (χ1) is 15.3. The van der Waals surface area contributed by atoms with E-state index in [2.05, 4.69) is 5.32 Å². The van der Waals surface area contributed by atoms with Crippen LogP contribution in [0.1, 0.15) is 42.5 Å². The Kier molecular flexibility index (Phi) is 7.56. The molecule has 3 rings (SSSR count). The van der Waals surface area contributed by atoms with Crippen molar-refractivity contribution in [3.05, 3.63) is 71.3 Å². The predicted molar refractivity (Wildman–Crippen MR) is 115 cm³/mol. The van der Waals surface area contributed by atoms with Gasteiger partial charge in [-0.2, -0.15) is 13.2 Å². The summed E-state index contributed by atoms with van der Waals surface area (Å²) in [5, 5.41) is 2.75. The van der Waals surface area contributed by atoms with Crippen molar-refractivity contribution in [2.75, 3.05) is 19.7 Å². The highest BCUT2D eigenvalue weighted by Gasteiger charge is 2.32. The van der Waals surface area contributed by atoms with Crippen molar-refractivity contribution in [1.29, 1.82) is 0 Å². The molecule has 0 unspecified atom stereocenters. The van der Waals surface area contributed by atoms with Crippen molar-refractivity contribution in [3.63, 3.8) is 0 Å². The normalized spacial score (nSPS) is 15.2. The first kappa shape index (κ1) is 23.4. The van der Waals surface area contributed by atoms with E-state index in [9.17, 15) is 22.8 Å². The maximum atomic E-state index is 13.2. The summed E-state index contributed by atoms with van der Waals surface area (Å²) in [5.41, 5.74) is 0.267. The van der Waals surface area contributed by atoms with Crippen LogP contribution in [-0.4, -0.2) is 36.4 Å². The van der Waals surface area contributed by atoms with Crippen LogP contribution >= 0.6 is 0 Å². The van der Waals surface area contributed by atoms with Gasteiger partial charge >= 0.3 is 6.18 Å². The van der Waals surface area contributed by atoms with Gasteiger partial charge in [0.1, 0.15) is 5.75 Å². The third-order valence-electron chi connectivity index (χ3n) is 5.13. The second-order valence-electron chi connectivity index (χ2n) is 7.46. The number of alkyl halides is 3. The predicted octanol–water partition coefficient (Wildman–Crippen LogP) is 4.60. The van der Waals surface area contributed by atoms with Crippen molar-refractivity contribution in [3.8, 4) is 5.75 Å². The molecule has 0 spiro atoms. The van der Waals surface area contributed by atoms with Gasteiger partial charge in [0, 0.05) is 25.6 Å². The standard InChI is InChI=1S/C24H25F3N2O3/c1-2-32-20-11-8-17(9-12-20)10-13-22(30)28-21(16-29-14-4-7-23(29)31)18-5-3-6-19(15-18)24(25,26)27/h3,5-6,8-13,15,21H,2,4,7,14,16H2,1H3,(H,28,30)/b13-10+/t21-/m1/s1. The number of hydrogen-bond donors (Lipinski definition) is 1. The molecule has 1 aliphatic rings.